The number of likely N-dealkylation sites (N-methyl/N-ethyl adjacent to an activating group) is 1. The number of piperazine rings is 1. The zero-order valence-corrected chi connectivity index (χ0v) is 15.9. The number of aromatic nitrogens is 2. The number of nitrogens with zero attached hydrogens (tertiary/aromatic N) is 4. The van der Waals surface area contributed by atoms with Crippen molar-refractivity contribution in [2.45, 2.75) is 33.1 Å². The molecule has 6 heteroatoms. The summed E-state index contributed by atoms with van der Waals surface area (Å²) < 4.78 is 1.14. The van der Waals surface area contributed by atoms with Crippen molar-refractivity contribution < 1.29 is 0 Å². The molecule has 0 saturated carbocycles. The van der Waals surface area contributed by atoms with Crippen LogP contribution in [0.25, 0.3) is 0 Å². The Balaban J connectivity index is 2.39. The van der Waals surface area contributed by atoms with Gasteiger partial charge in [0.2, 0.25) is 5.95 Å². The maximum absolute atomic E-state index is 4.88. The van der Waals surface area contributed by atoms with Gasteiger partial charge in [-0.3, -0.25) is 0 Å². The highest BCUT2D eigenvalue weighted by Crippen LogP contribution is 2.31. The molecule has 0 spiro atoms. The van der Waals surface area contributed by atoms with Gasteiger partial charge in [-0.1, -0.05) is 20.8 Å². The molecule has 1 saturated heterocycles. The Morgan fingerprint density at radius 3 is 2.29 bits per heavy atom. The Morgan fingerprint density at radius 2 is 1.76 bits per heavy atom. The Morgan fingerprint density at radius 1 is 1.14 bits per heavy atom. The van der Waals surface area contributed by atoms with Gasteiger partial charge in [0.1, 0.15) is 5.82 Å². The Hall–Kier alpha value is -0.630. The molecule has 1 aromatic heterocycles. The molecule has 1 aliphatic heterocycles. The zero-order valence-electron chi connectivity index (χ0n) is 13.7. The van der Waals surface area contributed by atoms with Crippen LogP contribution in [0, 0.1) is 3.57 Å². The van der Waals surface area contributed by atoms with Gasteiger partial charge in [-0.15, -0.1) is 0 Å². The fraction of sp³-hybridized carbons (Fsp3) is 0.733. The highest BCUT2D eigenvalue weighted by atomic mass is 127. The van der Waals surface area contributed by atoms with E-state index in [9.17, 15) is 0 Å². The van der Waals surface area contributed by atoms with Gasteiger partial charge in [0.05, 0.1) is 9.26 Å². The molecule has 0 atom stereocenters. The smallest absolute Gasteiger partial charge is 0.227 e. The number of anilines is 2. The van der Waals surface area contributed by atoms with E-state index in [1.165, 1.54) is 0 Å². The molecule has 21 heavy (non-hydrogen) atoms. The Bertz CT molecular complexity index is 490. The molecule has 2 rings (SSSR count). The number of hydrogen-bond donors (Lipinski definition) is 1. The number of rotatable bonds is 3. The summed E-state index contributed by atoms with van der Waals surface area (Å²) in [6, 6.07) is 0. The van der Waals surface area contributed by atoms with Gasteiger partial charge < -0.3 is 15.1 Å². The van der Waals surface area contributed by atoms with Gasteiger partial charge in [0, 0.05) is 38.1 Å². The van der Waals surface area contributed by atoms with Crippen LogP contribution in [0.15, 0.2) is 0 Å². The molecule has 5 nitrogen and oxygen atoms in total. The molecular formula is C15H26IN5. The largest absolute Gasteiger partial charge is 0.369 e. The second-order valence-electron chi connectivity index (χ2n) is 6.61. The Kier molecular flexibility index (Phi) is 5.29. The summed E-state index contributed by atoms with van der Waals surface area (Å²) in [7, 11) is 2.16. The molecule has 1 aliphatic rings. The van der Waals surface area contributed by atoms with Crippen LogP contribution in [0.5, 0.6) is 0 Å². The molecule has 2 heterocycles. The second-order valence-corrected chi connectivity index (χ2v) is 7.68. The van der Waals surface area contributed by atoms with E-state index in [-0.39, 0.29) is 5.41 Å². The second kappa shape index (κ2) is 6.64. The first-order valence-corrected chi connectivity index (χ1v) is 8.66. The summed E-state index contributed by atoms with van der Waals surface area (Å²) in [5.41, 5.74) is 1.15. The van der Waals surface area contributed by atoms with Gasteiger partial charge >= 0.3 is 0 Å². The van der Waals surface area contributed by atoms with Crippen molar-refractivity contribution in [3.8, 4) is 0 Å². The van der Waals surface area contributed by atoms with E-state index < -0.39 is 0 Å². The molecule has 0 radical (unpaired) electrons. The minimum atomic E-state index is 0.0188. The topological polar surface area (TPSA) is 44.3 Å². The molecule has 0 unspecified atom stereocenters. The first-order chi connectivity index (χ1) is 9.82. The highest BCUT2D eigenvalue weighted by Gasteiger charge is 2.25. The lowest BCUT2D eigenvalue weighted by Gasteiger charge is -2.33. The van der Waals surface area contributed by atoms with Crippen molar-refractivity contribution in [3.05, 3.63) is 9.26 Å². The molecule has 0 bridgehead atoms. The summed E-state index contributed by atoms with van der Waals surface area (Å²) in [5, 5.41) is 3.38. The van der Waals surface area contributed by atoms with Gasteiger partial charge in [-0.05, 0) is 36.6 Å². The lowest BCUT2D eigenvalue weighted by atomic mass is 9.92. The third kappa shape index (κ3) is 3.97. The van der Waals surface area contributed by atoms with E-state index in [0.717, 1.165) is 53.8 Å². The summed E-state index contributed by atoms with van der Waals surface area (Å²) in [4.78, 5) is 14.3. The maximum atomic E-state index is 4.88. The van der Waals surface area contributed by atoms with Crippen LogP contribution in [0.4, 0.5) is 11.8 Å². The molecule has 0 aromatic carbocycles. The van der Waals surface area contributed by atoms with E-state index in [0.29, 0.717) is 0 Å². The van der Waals surface area contributed by atoms with E-state index >= 15 is 0 Å². The molecule has 1 fully saturated rings. The van der Waals surface area contributed by atoms with Gasteiger partial charge in [-0.2, -0.15) is 4.98 Å². The van der Waals surface area contributed by atoms with Crippen molar-refractivity contribution in [1.29, 1.82) is 0 Å². The van der Waals surface area contributed by atoms with E-state index in [2.05, 4.69) is 72.5 Å². The van der Waals surface area contributed by atoms with Gasteiger partial charge in [-0.25, -0.2) is 4.98 Å². The minimum Gasteiger partial charge on any atom is -0.369 e. The lowest BCUT2D eigenvalue weighted by Crippen LogP contribution is -2.45. The zero-order chi connectivity index (χ0) is 15.6. The number of hydrogen-bond acceptors (Lipinski definition) is 5. The summed E-state index contributed by atoms with van der Waals surface area (Å²) >= 11 is 2.37. The average Bonchev–Trinajstić information content (AvgIpc) is 2.41. The summed E-state index contributed by atoms with van der Waals surface area (Å²) in [5.74, 6) is 1.83. The van der Waals surface area contributed by atoms with Gasteiger partial charge in [0.25, 0.3) is 0 Å². The molecule has 118 valence electrons. The van der Waals surface area contributed by atoms with Crippen molar-refractivity contribution in [1.82, 2.24) is 14.9 Å². The third-order valence-electron chi connectivity index (χ3n) is 3.68. The number of nitrogens with one attached hydrogen (secondary N) is 1. The predicted octanol–water partition coefficient (Wildman–Crippen LogP) is 2.56. The Labute approximate surface area is 141 Å². The van der Waals surface area contributed by atoms with E-state index in [4.69, 9.17) is 9.97 Å². The highest BCUT2D eigenvalue weighted by molar-refractivity contribution is 14.1. The standard InChI is InChI=1S/C15H26IN5/c1-6-17-13-11(16)12(15(2,3)4)18-14(19-13)21-9-7-20(5)8-10-21/h6-10H2,1-5H3,(H,17,18,19). The average molecular weight is 403 g/mol. The van der Waals surface area contributed by atoms with Crippen molar-refractivity contribution in [3.63, 3.8) is 0 Å². The van der Waals surface area contributed by atoms with Crippen LogP contribution in [0.2, 0.25) is 0 Å². The fourth-order valence-electron chi connectivity index (χ4n) is 2.36. The quantitative estimate of drug-likeness (QED) is 0.787. The first kappa shape index (κ1) is 16.7. The number of halogens is 1. The molecule has 0 aliphatic carbocycles. The van der Waals surface area contributed by atoms with E-state index in [1.54, 1.807) is 0 Å². The summed E-state index contributed by atoms with van der Waals surface area (Å²) in [6.07, 6.45) is 0. The first-order valence-electron chi connectivity index (χ1n) is 7.58. The van der Waals surface area contributed by atoms with Crippen molar-refractivity contribution >= 4 is 34.4 Å². The molecule has 1 aromatic rings. The normalized spacial score (nSPS) is 17.1. The summed E-state index contributed by atoms with van der Waals surface area (Å²) in [6.45, 7) is 13.7. The van der Waals surface area contributed by atoms with Crippen LogP contribution in [-0.4, -0.2) is 54.6 Å². The van der Waals surface area contributed by atoms with Crippen LogP contribution in [0.3, 0.4) is 0 Å². The van der Waals surface area contributed by atoms with Crippen LogP contribution < -0.4 is 10.2 Å². The SMILES string of the molecule is CCNc1nc(N2CCN(C)CC2)nc(C(C)(C)C)c1I. The van der Waals surface area contributed by atoms with Gasteiger partial charge in [0.15, 0.2) is 0 Å². The van der Waals surface area contributed by atoms with Crippen LogP contribution >= 0.6 is 22.6 Å². The monoisotopic (exact) mass is 403 g/mol. The maximum Gasteiger partial charge on any atom is 0.227 e. The molecular weight excluding hydrogens is 377 g/mol. The van der Waals surface area contributed by atoms with E-state index in [1.807, 2.05) is 0 Å². The van der Waals surface area contributed by atoms with Crippen LogP contribution in [0.1, 0.15) is 33.4 Å². The van der Waals surface area contributed by atoms with Crippen LogP contribution in [-0.2, 0) is 5.41 Å². The fourth-order valence-corrected chi connectivity index (χ4v) is 3.61. The minimum absolute atomic E-state index is 0.0188. The predicted molar refractivity (Wildman–Crippen MR) is 97.3 cm³/mol. The molecule has 1 N–H and O–H groups in total. The van der Waals surface area contributed by atoms with Crippen molar-refractivity contribution in [2.24, 2.45) is 0 Å². The van der Waals surface area contributed by atoms with Crippen molar-refractivity contribution in [2.75, 3.05) is 50.0 Å². The molecule has 0 amide bonds. The third-order valence-corrected chi connectivity index (χ3v) is 4.70. The lowest BCUT2D eigenvalue weighted by molar-refractivity contribution is 0.311.